The van der Waals surface area contributed by atoms with Gasteiger partial charge in [0.2, 0.25) is 0 Å². The predicted octanol–water partition coefficient (Wildman–Crippen LogP) is 4.90. The van der Waals surface area contributed by atoms with Crippen LogP contribution < -0.4 is 16.2 Å². The van der Waals surface area contributed by atoms with Crippen LogP contribution in [0.5, 0.6) is 0 Å². The summed E-state index contributed by atoms with van der Waals surface area (Å²) in [6, 6.07) is 12.4. The van der Waals surface area contributed by atoms with E-state index in [-0.39, 0.29) is 5.56 Å². The van der Waals surface area contributed by atoms with Crippen LogP contribution in [0, 0.1) is 0 Å². The number of nitrogens with one attached hydrogen (secondary N) is 2. The molecule has 0 saturated heterocycles. The molecule has 9 heteroatoms. The van der Waals surface area contributed by atoms with Crippen molar-refractivity contribution in [2.45, 2.75) is 31.3 Å². The van der Waals surface area contributed by atoms with Gasteiger partial charge in [0.25, 0.3) is 5.56 Å². The van der Waals surface area contributed by atoms with E-state index in [0.717, 1.165) is 56.3 Å². The molecule has 1 saturated carbocycles. The molecule has 32 heavy (non-hydrogen) atoms. The van der Waals surface area contributed by atoms with Gasteiger partial charge in [-0.25, -0.2) is 15.0 Å². The van der Waals surface area contributed by atoms with E-state index in [0.29, 0.717) is 12.1 Å². The second-order valence-corrected chi connectivity index (χ2v) is 9.83. The van der Waals surface area contributed by atoms with Crippen LogP contribution in [0.2, 0.25) is 0 Å². The zero-order valence-electron chi connectivity index (χ0n) is 17.1. The summed E-state index contributed by atoms with van der Waals surface area (Å²) in [5.41, 5.74) is 1.70. The van der Waals surface area contributed by atoms with Crippen molar-refractivity contribution in [3.8, 4) is 5.69 Å². The lowest BCUT2D eigenvalue weighted by Gasteiger charge is -2.15. The van der Waals surface area contributed by atoms with E-state index < -0.39 is 0 Å². The van der Waals surface area contributed by atoms with Gasteiger partial charge in [-0.15, -0.1) is 11.3 Å². The van der Waals surface area contributed by atoms with Crippen LogP contribution in [0.15, 0.2) is 65.2 Å². The minimum Gasteiger partial charge on any atom is -0.367 e. The average molecular weight is 461 g/mol. The third kappa shape index (κ3) is 3.63. The molecule has 0 unspecified atom stereocenters. The number of nitrogens with zero attached hydrogens (tertiary/aromatic N) is 4. The molecule has 6 rings (SSSR count). The fraction of sp³-hybridized carbons (Fsp3) is 0.217. The van der Waals surface area contributed by atoms with E-state index >= 15 is 0 Å². The van der Waals surface area contributed by atoms with Crippen LogP contribution in [0.25, 0.3) is 26.1 Å². The third-order valence-electron chi connectivity index (χ3n) is 5.82. The van der Waals surface area contributed by atoms with Crippen molar-refractivity contribution in [2.75, 3.05) is 10.6 Å². The molecule has 0 aromatic carbocycles. The van der Waals surface area contributed by atoms with Gasteiger partial charge in [-0.2, -0.15) is 0 Å². The Morgan fingerprint density at radius 2 is 1.94 bits per heavy atom. The van der Waals surface area contributed by atoms with Crippen molar-refractivity contribution >= 4 is 54.1 Å². The third-order valence-corrected chi connectivity index (χ3v) is 7.65. The number of aromatic nitrogens is 4. The number of pyridine rings is 3. The molecule has 0 spiro atoms. The molecule has 0 amide bonds. The summed E-state index contributed by atoms with van der Waals surface area (Å²) in [5.74, 6) is 0.828. The van der Waals surface area contributed by atoms with E-state index in [9.17, 15) is 4.79 Å². The van der Waals surface area contributed by atoms with Crippen LogP contribution in [0.4, 0.5) is 10.9 Å². The summed E-state index contributed by atoms with van der Waals surface area (Å²) >= 11 is 3.07. The monoisotopic (exact) mass is 460 g/mol. The zero-order valence-corrected chi connectivity index (χ0v) is 18.7. The van der Waals surface area contributed by atoms with Crippen LogP contribution in [-0.2, 0) is 0 Å². The quantitative estimate of drug-likeness (QED) is 0.388. The first-order chi connectivity index (χ1) is 15.7. The fourth-order valence-electron chi connectivity index (χ4n) is 4.23. The van der Waals surface area contributed by atoms with Gasteiger partial charge in [-0.3, -0.25) is 9.36 Å². The molecule has 2 N–H and O–H groups in total. The Morgan fingerprint density at radius 3 is 2.78 bits per heavy atom. The number of hydrogen-bond donors (Lipinski definition) is 2. The standard InChI is InChI=1S/C23H20N6OS2/c30-22-20-14(8-11-31-20)7-10-29(22)17-5-6-19(25-13-17)26-15-3-4-16(12-15)27-23-28-18-2-1-9-24-21(18)32-23/h1-2,5-11,13,15-16H,3-4,12H2,(H,25,26)(H,27,28)/t15-,16-/m0/s1. The Hall–Kier alpha value is -3.30. The van der Waals surface area contributed by atoms with Gasteiger partial charge in [0.1, 0.15) is 20.9 Å². The molecule has 5 heterocycles. The first-order valence-electron chi connectivity index (χ1n) is 10.5. The number of fused-ring (bicyclic) bond motifs is 2. The van der Waals surface area contributed by atoms with Crippen LogP contribution >= 0.6 is 22.7 Å². The highest BCUT2D eigenvalue weighted by molar-refractivity contribution is 7.21. The minimum atomic E-state index is -0.00485. The Labute approximate surface area is 191 Å². The van der Waals surface area contributed by atoms with Crippen molar-refractivity contribution in [1.82, 2.24) is 19.5 Å². The lowest BCUT2D eigenvalue weighted by atomic mass is 10.2. The van der Waals surface area contributed by atoms with Crippen LogP contribution in [0.3, 0.4) is 0 Å². The Bertz CT molecular complexity index is 1420. The molecule has 160 valence electrons. The van der Waals surface area contributed by atoms with E-state index in [4.69, 9.17) is 0 Å². The Kier molecular flexibility index (Phi) is 4.84. The van der Waals surface area contributed by atoms with Crippen LogP contribution in [-0.4, -0.2) is 31.6 Å². The van der Waals surface area contributed by atoms with Crippen LogP contribution in [0.1, 0.15) is 19.3 Å². The van der Waals surface area contributed by atoms with Gasteiger partial charge in [0, 0.05) is 24.5 Å². The molecule has 1 aliphatic rings. The molecule has 0 bridgehead atoms. The molecule has 2 atom stereocenters. The largest absolute Gasteiger partial charge is 0.367 e. The van der Waals surface area contributed by atoms with E-state index in [1.807, 2.05) is 48.0 Å². The maximum absolute atomic E-state index is 12.7. The van der Waals surface area contributed by atoms with Gasteiger partial charge in [-0.05, 0) is 66.4 Å². The van der Waals surface area contributed by atoms with Crippen molar-refractivity contribution < 1.29 is 0 Å². The first-order valence-corrected chi connectivity index (χ1v) is 12.2. The van der Waals surface area contributed by atoms with E-state index in [2.05, 4.69) is 25.6 Å². The van der Waals surface area contributed by atoms with Crippen molar-refractivity contribution in [1.29, 1.82) is 0 Å². The molecular weight excluding hydrogens is 440 g/mol. The summed E-state index contributed by atoms with van der Waals surface area (Å²) in [7, 11) is 0. The molecule has 0 radical (unpaired) electrons. The number of thiophene rings is 1. The Balaban J connectivity index is 1.11. The topological polar surface area (TPSA) is 84.7 Å². The molecule has 5 aromatic rings. The number of rotatable bonds is 5. The van der Waals surface area contributed by atoms with E-state index in [1.54, 1.807) is 28.3 Å². The van der Waals surface area contributed by atoms with Gasteiger partial charge in [0.05, 0.1) is 11.9 Å². The second-order valence-electron chi connectivity index (χ2n) is 7.94. The number of anilines is 2. The van der Waals surface area contributed by atoms with Crippen molar-refractivity contribution in [3.63, 3.8) is 0 Å². The normalized spacial score (nSPS) is 18.4. The van der Waals surface area contributed by atoms with Gasteiger partial charge in [0.15, 0.2) is 5.13 Å². The van der Waals surface area contributed by atoms with Gasteiger partial charge < -0.3 is 10.6 Å². The van der Waals surface area contributed by atoms with Gasteiger partial charge in [-0.1, -0.05) is 11.3 Å². The lowest BCUT2D eigenvalue weighted by molar-refractivity contribution is 0.722. The summed E-state index contributed by atoms with van der Waals surface area (Å²) in [6.07, 6.45) is 8.51. The lowest BCUT2D eigenvalue weighted by Crippen LogP contribution is -2.21. The summed E-state index contributed by atoms with van der Waals surface area (Å²) in [4.78, 5) is 27.2. The number of thiazole rings is 1. The molecule has 1 aliphatic carbocycles. The zero-order chi connectivity index (χ0) is 21.5. The maximum atomic E-state index is 12.7. The molecular formula is C23H20N6OS2. The molecule has 0 aliphatic heterocycles. The fourth-order valence-corrected chi connectivity index (χ4v) is 5.94. The summed E-state index contributed by atoms with van der Waals surface area (Å²) in [5, 5.41) is 11.0. The molecule has 5 aromatic heterocycles. The second kappa shape index (κ2) is 7.99. The van der Waals surface area contributed by atoms with Crippen molar-refractivity contribution in [3.05, 3.63) is 70.7 Å². The SMILES string of the molecule is O=c1c2sccc2ccn1-c1ccc(N[C@H]2CC[C@H](Nc3nc4cccnc4s3)C2)nc1. The Morgan fingerprint density at radius 1 is 1.03 bits per heavy atom. The smallest absolute Gasteiger partial charge is 0.273 e. The maximum Gasteiger partial charge on any atom is 0.273 e. The van der Waals surface area contributed by atoms with Crippen molar-refractivity contribution in [2.24, 2.45) is 0 Å². The number of hydrogen-bond acceptors (Lipinski definition) is 8. The highest BCUT2D eigenvalue weighted by Gasteiger charge is 2.25. The predicted molar refractivity (Wildman–Crippen MR) is 131 cm³/mol. The molecule has 7 nitrogen and oxygen atoms in total. The highest BCUT2D eigenvalue weighted by atomic mass is 32.1. The van der Waals surface area contributed by atoms with E-state index in [1.165, 1.54) is 11.3 Å². The highest BCUT2D eigenvalue weighted by Crippen LogP contribution is 2.29. The first kappa shape index (κ1) is 19.4. The molecule has 1 fully saturated rings. The average Bonchev–Trinajstić information content (AvgIpc) is 3.54. The minimum absolute atomic E-state index is 0.00485. The summed E-state index contributed by atoms with van der Waals surface area (Å²) in [6.45, 7) is 0. The summed E-state index contributed by atoms with van der Waals surface area (Å²) < 4.78 is 2.42. The van der Waals surface area contributed by atoms with Gasteiger partial charge >= 0.3 is 0 Å².